The van der Waals surface area contributed by atoms with E-state index in [1.807, 2.05) is 32.0 Å². The molecule has 1 unspecified atom stereocenters. The zero-order valence-corrected chi connectivity index (χ0v) is 15.8. The van der Waals surface area contributed by atoms with Crippen LogP contribution in [0.25, 0.3) is 11.3 Å². The minimum Gasteiger partial charge on any atom is -0.368 e. The third-order valence-electron chi connectivity index (χ3n) is 4.77. The van der Waals surface area contributed by atoms with Crippen molar-refractivity contribution in [2.75, 3.05) is 19.7 Å². The molecule has 4 heterocycles. The molecule has 1 aliphatic heterocycles. The summed E-state index contributed by atoms with van der Waals surface area (Å²) >= 11 is 0. The number of amides is 1. The number of hydrogen-bond acceptors (Lipinski definition) is 7. The Balaban J connectivity index is 1.58. The van der Waals surface area contributed by atoms with E-state index in [1.165, 1.54) is 6.33 Å². The van der Waals surface area contributed by atoms with Crippen LogP contribution in [0.3, 0.4) is 0 Å². The van der Waals surface area contributed by atoms with Crippen LogP contribution >= 0.6 is 0 Å². The monoisotopic (exact) mass is 379 g/mol. The molecule has 0 N–H and O–H groups in total. The maximum Gasteiger partial charge on any atom is 0.272 e. The summed E-state index contributed by atoms with van der Waals surface area (Å²) in [5, 5.41) is 4.06. The molecule has 3 aromatic heterocycles. The summed E-state index contributed by atoms with van der Waals surface area (Å²) in [7, 11) is 0. The fourth-order valence-electron chi connectivity index (χ4n) is 3.35. The third kappa shape index (κ3) is 3.50. The Morgan fingerprint density at radius 1 is 1.32 bits per heavy atom. The molecule has 1 saturated heterocycles. The first kappa shape index (κ1) is 18.2. The number of ether oxygens (including phenoxy) is 1. The highest BCUT2D eigenvalue weighted by Gasteiger charge is 2.28. The summed E-state index contributed by atoms with van der Waals surface area (Å²) in [4.78, 5) is 27.1. The van der Waals surface area contributed by atoms with Gasteiger partial charge in [-0.05, 0) is 25.1 Å². The highest BCUT2D eigenvalue weighted by atomic mass is 16.5. The SMILES string of the molecule is CCc1onc(C)c1-c1cccc(C2CN(C(=O)c3ccncn3)CCO2)n1. The van der Waals surface area contributed by atoms with Gasteiger partial charge in [-0.3, -0.25) is 4.79 Å². The smallest absolute Gasteiger partial charge is 0.272 e. The van der Waals surface area contributed by atoms with Crippen molar-refractivity contribution in [3.8, 4) is 11.3 Å². The molecule has 0 saturated carbocycles. The number of hydrogen-bond donors (Lipinski definition) is 0. The second-order valence-electron chi connectivity index (χ2n) is 6.57. The molecule has 0 bridgehead atoms. The molecule has 144 valence electrons. The number of nitrogens with zero attached hydrogens (tertiary/aromatic N) is 5. The van der Waals surface area contributed by atoms with Gasteiger partial charge in [-0.1, -0.05) is 18.1 Å². The lowest BCUT2D eigenvalue weighted by atomic mass is 10.1. The van der Waals surface area contributed by atoms with Gasteiger partial charge in [0.05, 0.1) is 35.8 Å². The van der Waals surface area contributed by atoms with Crippen molar-refractivity contribution >= 4 is 5.91 Å². The maximum atomic E-state index is 12.7. The van der Waals surface area contributed by atoms with Gasteiger partial charge >= 0.3 is 0 Å². The number of carbonyl (C=O) groups is 1. The number of aryl methyl sites for hydroxylation is 2. The van der Waals surface area contributed by atoms with Crippen LogP contribution in [0.15, 0.2) is 41.3 Å². The number of carbonyl (C=O) groups excluding carboxylic acids is 1. The van der Waals surface area contributed by atoms with Gasteiger partial charge in [0.2, 0.25) is 0 Å². The molecule has 0 spiro atoms. The maximum absolute atomic E-state index is 12.7. The molecule has 3 aromatic rings. The molecular weight excluding hydrogens is 358 g/mol. The molecule has 1 aliphatic rings. The summed E-state index contributed by atoms with van der Waals surface area (Å²) in [6.07, 6.45) is 3.38. The molecule has 1 fully saturated rings. The van der Waals surface area contributed by atoms with Crippen LogP contribution in [0.2, 0.25) is 0 Å². The van der Waals surface area contributed by atoms with Gasteiger partial charge in [0, 0.05) is 19.2 Å². The van der Waals surface area contributed by atoms with Crippen molar-refractivity contribution in [2.45, 2.75) is 26.4 Å². The standard InChI is InChI=1S/C20H21N5O3/c1-3-17-19(13(2)24-28-17)15-6-4-5-14(23-15)18-11-25(9-10-27-18)20(26)16-7-8-21-12-22-16/h4-8,12,18H,3,9-11H2,1-2H3. The van der Waals surface area contributed by atoms with Crippen LogP contribution in [0, 0.1) is 6.92 Å². The van der Waals surface area contributed by atoms with Crippen LogP contribution in [0.4, 0.5) is 0 Å². The molecule has 0 radical (unpaired) electrons. The fraction of sp³-hybridized carbons (Fsp3) is 0.350. The van der Waals surface area contributed by atoms with Crippen LogP contribution in [-0.2, 0) is 11.2 Å². The fourth-order valence-corrected chi connectivity index (χ4v) is 3.35. The van der Waals surface area contributed by atoms with E-state index in [0.29, 0.717) is 25.4 Å². The van der Waals surface area contributed by atoms with Gasteiger partial charge in [0.1, 0.15) is 23.9 Å². The van der Waals surface area contributed by atoms with E-state index in [0.717, 1.165) is 34.8 Å². The van der Waals surface area contributed by atoms with Crippen molar-refractivity contribution in [1.29, 1.82) is 0 Å². The summed E-state index contributed by atoms with van der Waals surface area (Å²) in [6.45, 7) is 5.31. The van der Waals surface area contributed by atoms with Gasteiger partial charge in [-0.15, -0.1) is 0 Å². The Bertz CT molecular complexity index is 973. The van der Waals surface area contributed by atoms with Crippen molar-refractivity contribution in [2.24, 2.45) is 0 Å². The lowest BCUT2D eigenvalue weighted by Crippen LogP contribution is -2.42. The highest BCUT2D eigenvalue weighted by Crippen LogP contribution is 2.29. The molecule has 8 heteroatoms. The highest BCUT2D eigenvalue weighted by molar-refractivity contribution is 5.92. The normalized spacial score (nSPS) is 16.9. The van der Waals surface area contributed by atoms with Gasteiger partial charge in [0.25, 0.3) is 5.91 Å². The summed E-state index contributed by atoms with van der Waals surface area (Å²) < 4.78 is 11.3. The first-order valence-electron chi connectivity index (χ1n) is 9.26. The second-order valence-corrected chi connectivity index (χ2v) is 6.57. The van der Waals surface area contributed by atoms with Crippen LogP contribution < -0.4 is 0 Å². The van der Waals surface area contributed by atoms with Crippen LogP contribution in [0.5, 0.6) is 0 Å². The average molecular weight is 379 g/mol. The van der Waals surface area contributed by atoms with Gasteiger partial charge in [-0.2, -0.15) is 0 Å². The van der Waals surface area contributed by atoms with E-state index in [1.54, 1.807) is 17.2 Å². The Hall–Kier alpha value is -3.13. The summed E-state index contributed by atoms with van der Waals surface area (Å²) in [6, 6.07) is 7.42. The van der Waals surface area contributed by atoms with Crippen LogP contribution in [0.1, 0.15) is 40.7 Å². The van der Waals surface area contributed by atoms with Crippen LogP contribution in [-0.4, -0.2) is 50.6 Å². The van der Waals surface area contributed by atoms with Gasteiger partial charge in [0.15, 0.2) is 0 Å². The Labute approximate surface area is 162 Å². The Morgan fingerprint density at radius 3 is 3.00 bits per heavy atom. The predicted octanol–water partition coefficient (Wildman–Crippen LogP) is 2.61. The number of pyridine rings is 1. The molecule has 1 amide bonds. The largest absolute Gasteiger partial charge is 0.368 e. The molecule has 28 heavy (non-hydrogen) atoms. The second kappa shape index (κ2) is 7.85. The molecular formula is C20H21N5O3. The zero-order valence-electron chi connectivity index (χ0n) is 15.8. The lowest BCUT2D eigenvalue weighted by Gasteiger charge is -2.32. The molecule has 8 nitrogen and oxygen atoms in total. The molecule has 0 aromatic carbocycles. The minimum absolute atomic E-state index is 0.130. The summed E-state index contributed by atoms with van der Waals surface area (Å²) in [5.41, 5.74) is 3.70. The van der Waals surface area contributed by atoms with E-state index in [2.05, 4.69) is 15.1 Å². The van der Waals surface area contributed by atoms with Crippen molar-refractivity contribution < 1.29 is 14.1 Å². The van der Waals surface area contributed by atoms with Gasteiger partial charge < -0.3 is 14.2 Å². The quantitative estimate of drug-likeness (QED) is 0.688. The van der Waals surface area contributed by atoms with Crippen molar-refractivity contribution in [3.63, 3.8) is 0 Å². The van der Waals surface area contributed by atoms with E-state index in [-0.39, 0.29) is 12.0 Å². The first-order valence-corrected chi connectivity index (χ1v) is 9.26. The third-order valence-corrected chi connectivity index (χ3v) is 4.77. The first-order chi connectivity index (χ1) is 13.7. The van der Waals surface area contributed by atoms with Crippen molar-refractivity contribution in [1.82, 2.24) is 25.0 Å². The predicted molar refractivity (Wildman–Crippen MR) is 100 cm³/mol. The molecule has 4 rings (SSSR count). The van der Waals surface area contributed by atoms with E-state index in [4.69, 9.17) is 14.2 Å². The zero-order chi connectivity index (χ0) is 19.5. The van der Waals surface area contributed by atoms with Crippen molar-refractivity contribution in [3.05, 3.63) is 59.6 Å². The van der Waals surface area contributed by atoms with Gasteiger partial charge in [-0.25, -0.2) is 15.0 Å². The average Bonchev–Trinajstić information content (AvgIpc) is 3.14. The topological polar surface area (TPSA) is 94.2 Å². The number of morpholine rings is 1. The van der Waals surface area contributed by atoms with E-state index < -0.39 is 0 Å². The number of aromatic nitrogens is 4. The lowest BCUT2D eigenvalue weighted by molar-refractivity contribution is -0.0248. The number of rotatable bonds is 4. The van der Waals surface area contributed by atoms with E-state index >= 15 is 0 Å². The Morgan fingerprint density at radius 2 is 2.21 bits per heavy atom. The molecule has 1 atom stereocenters. The van der Waals surface area contributed by atoms with E-state index in [9.17, 15) is 4.79 Å². The minimum atomic E-state index is -0.301. The molecule has 0 aliphatic carbocycles. The summed E-state index contributed by atoms with van der Waals surface area (Å²) in [5.74, 6) is 0.683. The Kier molecular flexibility index (Phi) is 5.12.